The first-order chi connectivity index (χ1) is 35.5. The van der Waals surface area contributed by atoms with Crippen LogP contribution in [0.2, 0.25) is 0 Å². The minimum Gasteiger partial charge on any atom is -0.463 e. The van der Waals surface area contributed by atoms with Gasteiger partial charge in [0, 0.05) is 12.3 Å². The van der Waals surface area contributed by atoms with Crippen molar-refractivity contribution in [2.75, 3.05) is 13.2 Å². The van der Waals surface area contributed by atoms with Gasteiger partial charge >= 0.3 is 5.97 Å². The molecule has 3 fully saturated rings. The Balaban J connectivity index is 1.06. The Hall–Kier alpha value is -5.57. The molecule has 0 spiro atoms. The topological polar surface area (TPSA) is 109 Å². The average Bonchev–Trinajstić information content (AvgIpc) is 4.18. The van der Waals surface area contributed by atoms with Crippen LogP contribution in [0.3, 0.4) is 0 Å². The Morgan fingerprint density at radius 1 is 0.486 bits per heavy atom. The first-order valence-corrected chi connectivity index (χ1v) is 25.6. The van der Waals surface area contributed by atoms with Crippen LogP contribution in [0, 0.1) is 5.92 Å². The second-order valence-corrected chi connectivity index (χ2v) is 18.9. The highest BCUT2D eigenvalue weighted by molar-refractivity contribution is 5.69. The first-order valence-electron chi connectivity index (χ1n) is 25.6. The molecule has 10 unspecified atom stereocenters. The van der Waals surface area contributed by atoms with E-state index in [-0.39, 0.29) is 38.3 Å². The summed E-state index contributed by atoms with van der Waals surface area (Å²) in [6.45, 7) is 4.03. The maximum Gasteiger partial charge on any atom is 0.305 e. The number of hydrogen-bond donors (Lipinski definition) is 0. The van der Waals surface area contributed by atoms with E-state index in [0.29, 0.717) is 39.3 Å². The molecule has 2 saturated heterocycles. The maximum atomic E-state index is 13.3. The number of carbonyl (C=O) groups is 1. The van der Waals surface area contributed by atoms with E-state index in [0.717, 1.165) is 52.6 Å². The Morgan fingerprint density at radius 3 is 1.42 bits per heavy atom. The molecular formula is C61H68O11. The molecule has 72 heavy (non-hydrogen) atoms. The SMILES string of the molecule is CCCCCC(=O)OCC1OC(OC2OC(COCc3ccccc3)C(OCc3ccccc3)C(OCc3ccccc3)C2OCc2ccccc2)C(OCc2ccccc2)C2CC12OCc1ccccc1. The summed E-state index contributed by atoms with van der Waals surface area (Å²) in [5.74, 6) is -0.456. The van der Waals surface area contributed by atoms with Crippen LogP contribution >= 0.6 is 0 Å². The molecule has 2 heterocycles. The second kappa shape index (κ2) is 26.4. The molecule has 0 radical (unpaired) electrons. The molecule has 9 rings (SSSR count). The number of esters is 1. The fourth-order valence-corrected chi connectivity index (χ4v) is 9.64. The van der Waals surface area contributed by atoms with E-state index in [9.17, 15) is 4.79 Å². The number of hydrogen-bond acceptors (Lipinski definition) is 11. The molecule has 3 aliphatic rings. The third-order valence-electron chi connectivity index (χ3n) is 13.6. The number of carbonyl (C=O) groups excluding carboxylic acids is 1. The molecule has 10 atom stereocenters. The molecule has 0 amide bonds. The molecule has 0 aromatic heterocycles. The minimum atomic E-state index is -1.09. The third-order valence-corrected chi connectivity index (χ3v) is 13.6. The smallest absolute Gasteiger partial charge is 0.305 e. The lowest BCUT2D eigenvalue weighted by Gasteiger charge is -2.48. The molecule has 0 N–H and O–H groups in total. The molecule has 0 bridgehead atoms. The van der Waals surface area contributed by atoms with Gasteiger partial charge in [-0.25, -0.2) is 0 Å². The molecule has 6 aromatic carbocycles. The highest BCUT2D eigenvalue weighted by atomic mass is 16.8. The lowest BCUT2D eigenvalue weighted by molar-refractivity contribution is -0.383. The summed E-state index contributed by atoms with van der Waals surface area (Å²) in [6, 6.07) is 60.3. The van der Waals surface area contributed by atoms with Crippen molar-refractivity contribution in [2.24, 2.45) is 5.92 Å². The zero-order valence-electron chi connectivity index (χ0n) is 41.2. The van der Waals surface area contributed by atoms with E-state index in [4.69, 9.17) is 47.4 Å². The molecule has 1 saturated carbocycles. The van der Waals surface area contributed by atoms with E-state index >= 15 is 0 Å². The molecule has 11 heteroatoms. The van der Waals surface area contributed by atoms with Gasteiger partial charge in [-0.05, 0) is 46.2 Å². The molecule has 2 aliphatic heterocycles. The van der Waals surface area contributed by atoms with Crippen LogP contribution in [0.1, 0.15) is 72.4 Å². The Labute approximate surface area is 424 Å². The van der Waals surface area contributed by atoms with Gasteiger partial charge in [0.2, 0.25) is 0 Å². The van der Waals surface area contributed by atoms with Crippen LogP contribution in [0.25, 0.3) is 0 Å². The fraction of sp³-hybridized carbons (Fsp3) is 0.393. The summed E-state index contributed by atoms with van der Waals surface area (Å²) in [5, 5.41) is 0. The first kappa shape index (κ1) is 51.3. The van der Waals surface area contributed by atoms with Crippen LogP contribution in [0.4, 0.5) is 0 Å². The van der Waals surface area contributed by atoms with E-state index in [1.54, 1.807) is 0 Å². The highest BCUT2D eigenvalue weighted by Crippen LogP contribution is 2.58. The summed E-state index contributed by atoms with van der Waals surface area (Å²) in [7, 11) is 0. The van der Waals surface area contributed by atoms with Crippen molar-refractivity contribution < 1.29 is 52.2 Å². The van der Waals surface area contributed by atoms with Crippen molar-refractivity contribution in [3.05, 3.63) is 215 Å². The summed E-state index contributed by atoms with van der Waals surface area (Å²) >= 11 is 0. The lowest BCUT2D eigenvalue weighted by Crippen LogP contribution is -2.63. The zero-order chi connectivity index (χ0) is 49.2. The third kappa shape index (κ3) is 14.1. The number of fused-ring (bicyclic) bond motifs is 1. The monoisotopic (exact) mass is 976 g/mol. The predicted octanol–water partition coefficient (Wildman–Crippen LogP) is 11.1. The Bertz CT molecular complexity index is 2470. The van der Waals surface area contributed by atoms with Crippen LogP contribution < -0.4 is 0 Å². The standard InChI is InChI=1S/C61H68O11/c1-2-3-10-35-54(62)64-44-53-61(69-42-50-33-21-9-22-34-50)36-51(61)55(65-38-46-25-13-5-14-26-46)59(71-53)72-60-58(68-41-49-31-19-8-20-32-49)57(67-40-48-29-17-7-18-30-48)56(66-39-47-27-15-6-16-28-47)52(70-60)43-63-37-45-23-11-4-12-24-45/h4-9,11-34,51-53,55-60H,2-3,10,35-44H2,1H3. The molecule has 6 aromatic rings. The van der Waals surface area contributed by atoms with Crippen LogP contribution in [-0.4, -0.2) is 74.0 Å². The molecular weight excluding hydrogens is 909 g/mol. The Morgan fingerprint density at radius 2 is 0.917 bits per heavy atom. The quantitative estimate of drug-likeness (QED) is 0.0363. The second-order valence-electron chi connectivity index (χ2n) is 18.9. The number of rotatable bonds is 27. The van der Waals surface area contributed by atoms with Gasteiger partial charge in [-0.3, -0.25) is 4.79 Å². The van der Waals surface area contributed by atoms with Crippen molar-refractivity contribution in [1.82, 2.24) is 0 Å². The van der Waals surface area contributed by atoms with Crippen molar-refractivity contribution in [3.8, 4) is 0 Å². The normalized spacial score (nSPS) is 25.6. The summed E-state index contributed by atoms with van der Waals surface area (Å²) in [5.41, 5.74) is 5.17. The number of ether oxygens (including phenoxy) is 10. The van der Waals surface area contributed by atoms with E-state index in [1.807, 2.05) is 182 Å². The van der Waals surface area contributed by atoms with Crippen molar-refractivity contribution in [1.29, 1.82) is 0 Å². The predicted molar refractivity (Wildman–Crippen MR) is 272 cm³/mol. The summed E-state index contributed by atoms with van der Waals surface area (Å²) in [6.07, 6.45) is -2.75. The van der Waals surface area contributed by atoms with Crippen molar-refractivity contribution >= 4 is 5.97 Å². The molecule has 1 aliphatic carbocycles. The summed E-state index contributed by atoms with van der Waals surface area (Å²) in [4.78, 5) is 13.3. The molecule has 378 valence electrons. The minimum absolute atomic E-state index is 0.0187. The maximum absolute atomic E-state index is 13.3. The van der Waals surface area contributed by atoms with Crippen molar-refractivity contribution in [3.63, 3.8) is 0 Å². The van der Waals surface area contributed by atoms with Gasteiger partial charge in [0.1, 0.15) is 48.8 Å². The van der Waals surface area contributed by atoms with Crippen LogP contribution in [0.15, 0.2) is 182 Å². The van der Waals surface area contributed by atoms with Gasteiger partial charge in [-0.2, -0.15) is 0 Å². The lowest BCUT2D eigenvalue weighted by atomic mass is 9.97. The number of unbranched alkanes of at least 4 members (excludes halogenated alkanes) is 2. The molecule has 11 nitrogen and oxygen atoms in total. The van der Waals surface area contributed by atoms with Crippen LogP contribution in [0.5, 0.6) is 0 Å². The summed E-state index contributed by atoms with van der Waals surface area (Å²) < 4.78 is 68.9. The van der Waals surface area contributed by atoms with E-state index in [2.05, 4.69) is 6.92 Å². The van der Waals surface area contributed by atoms with E-state index < -0.39 is 54.8 Å². The van der Waals surface area contributed by atoms with Gasteiger partial charge in [0.05, 0.1) is 46.2 Å². The average molecular weight is 977 g/mol. The van der Waals surface area contributed by atoms with Gasteiger partial charge in [-0.15, -0.1) is 0 Å². The number of benzene rings is 6. The van der Waals surface area contributed by atoms with Crippen molar-refractivity contribution in [2.45, 2.75) is 133 Å². The highest BCUT2D eigenvalue weighted by Gasteiger charge is 2.70. The van der Waals surface area contributed by atoms with Gasteiger partial charge in [0.25, 0.3) is 0 Å². The largest absolute Gasteiger partial charge is 0.463 e. The van der Waals surface area contributed by atoms with Gasteiger partial charge < -0.3 is 47.4 Å². The van der Waals surface area contributed by atoms with Gasteiger partial charge in [-0.1, -0.05) is 202 Å². The van der Waals surface area contributed by atoms with E-state index in [1.165, 1.54) is 0 Å². The Kier molecular flexibility index (Phi) is 18.8. The van der Waals surface area contributed by atoms with Crippen LogP contribution in [-0.2, 0) is 91.8 Å². The fourth-order valence-electron chi connectivity index (χ4n) is 9.64. The zero-order valence-corrected chi connectivity index (χ0v) is 41.2. The van der Waals surface area contributed by atoms with Gasteiger partial charge in [0.15, 0.2) is 12.6 Å².